The third-order valence-electron chi connectivity index (χ3n) is 3.74. The summed E-state index contributed by atoms with van der Waals surface area (Å²) in [7, 11) is 0. The Labute approximate surface area is 173 Å². The molecule has 0 atom stereocenters. The van der Waals surface area contributed by atoms with Crippen LogP contribution >= 0.6 is 11.3 Å². The zero-order valence-corrected chi connectivity index (χ0v) is 16.4. The summed E-state index contributed by atoms with van der Waals surface area (Å²) in [5.41, 5.74) is 0.582. The molecular formula is C19H15FN4O5S. The highest BCUT2D eigenvalue weighted by Gasteiger charge is 2.16. The Morgan fingerprint density at radius 1 is 1.23 bits per heavy atom. The smallest absolute Gasteiger partial charge is 0.310 e. The normalized spacial score (nSPS) is 10.3. The van der Waals surface area contributed by atoms with Gasteiger partial charge in [-0.25, -0.2) is 9.37 Å². The van der Waals surface area contributed by atoms with Gasteiger partial charge in [0.25, 0.3) is 5.91 Å². The van der Waals surface area contributed by atoms with Crippen molar-refractivity contribution in [2.75, 3.05) is 17.2 Å². The van der Waals surface area contributed by atoms with Gasteiger partial charge in [0, 0.05) is 29.6 Å². The van der Waals surface area contributed by atoms with Crippen molar-refractivity contribution in [1.29, 1.82) is 0 Å². The van der Waals surface area contributed by atoms with E-state index >= 15 is 0 Å². The number of aromatic nitrogens is 1. The molecule has 0 spiro atoms. The van der Waals surface area contributed by atoms with Gasteiger partial charge in [0.15, 0.2) is 17.5 Å². The Kier molecular flexibility index (Phi) is 6.32. The quantitative estimate of drug-likeness (QED) is 0.434. The summed E-state index contributed by atoms with van der Waals surface area (Å²) in [6.07, 6.45) is 0. The van der Waals surface area contributed by atoms with E-state index in [1.54, 1.807) is 11.4 Å². The Bertz CT molecular complexity index is 1120. The fraction of sp³-hybridized carbons (Fsp3) is 0.105. The van der Waals surface area contributed by atoms with Crippen LogP contribution in [-0.4, -0.2) is 28.3 Å². The number of nitro groups is 1. The van der Waals surface area contributed by atoms with Gasteiger partial charge in [0.1, 0.15) is 5.82 Å². The minimum absolute atomic E-state index is 0.0289. The van der Waals surface area contributed by atoms with E-state index in [1.807, 2.05) is 0 Å². The van der Waals surface area contributed by atoms with E-state index in [1.165, 1.54) is 43.3 Å². The molecule has 0 aliphatic carbocycles. The van der Waals surface area contributed by atoms with E-state index in [0.29, 0.717) is 11.4 Å². The number of thiazole rings is 1. The maximum absolute atomic E-state index is 14.3. The Morgan fingerprint density at radius 3 is 2.70 bits per heavy atom. The van der Waals surface area contributed by atoms with E-state index in [-0.39, 0.29) is 28.0 Å². The van der Waals surface area contributed by atoms with Gasteiger partial charge >= 0.3 is 5.69 Å². The predicted octanol–water partition coefficient (Wildman–Crippen LogP) is 3.83. The molecule has 0 radical (unpaired) electrons. The van der Waals surface area contributed by atoms with Crippen LogP contribution in [0.4, 0.5) is 20.9 Å². The first-order chi connectivity index (χ1) is 14.3. The number of nitrogens with one attached hydrogen (secondary N) is 2. The van der Waals surface area contributed by atoms with Crippen molar-refractivity contribution in [3.8, 4) is 17.0 Å². The molecule has 3 rings (SSSR count). The number of carbonyl (C=O) groups excluding carboxylic acids is 2. The van der Waals surface area contributed by atoms with Gasteiger partial charge in [-0.3, -0.25) is 25.0 Å². The van der Waals surface area contributed by atoms with Crippen LogP contribution in [0, 0.1) is 15.9 Å². The molecular weight excluding hydrogens is 415 g/mol. The first kappa shape index (κ1) is 20.9. The topological polar surface area (TPSA) is 123 Å². The number of hydrogen-bond acceptors (Lipinski definition) is 7. The van der Waals surface area contributed by atoms with Crippen molar-refractivity contribution in [3.63, 3.8) is 0 Å². The van der Waals surface area contributed by atoms with Crippen molar-refractivity contribution >= 4 is 39.7 Å². The molecule has 30 heavy (non-hydrogen) atoms. The average molecular weight is 430 g/mol. The van der Waals surface area contributed by atoms with E-state index in [9.17, 15) is 24.1 Å². The standard InChI is InChI=1S/C19H15FN4O5S/c1-11(25)21-12-6-7-13(14(20)8-12)15-10-30-19(22-15)23-18(26)9-29-17-5-3-2-4-16(17)24(27)28/h2-8,10H,9H2,1H3,(H,21,25)(H,22,23,26). The maximum atomic E-state index is 14.3. The molecule has 0 aliphatic heterocycles. The number of carbonyl (C=O) groups is 2. The maximum Gasteiger partial charge on any atom is 0.310 e. The summed E-state index contributed by atoms with van der Waals surface area (Å²) in [5.74, 6) is -1.50. The number of ether oxygens (including phenoxy) is 1. The molecule has 1 heterocycles. The molecule has 0 bridgehead atoms. The monoisotopic (exact) mass is 430 g/mol. The highest BCUT2D eigenvalue weighted by Crippen LogP contribution is 2.29. The lowest BCUT2D eigenvalue weighted by atomic mass is 10.1. The van der Waals surface area contributed by atoms with Crippen molar-refractivity contribution in [1.82, 2.24) is 4.98 Å². The first-order valence-corrected chi connectivity index (χ1v) is 9.40. The predicted molar refractivity (Wildman–Crippen MR) is 109 cm³/mol. The summed E-state index contributed by atoms with van der Waals surface area (Å²) >= 11 is 1.08. The van der Waals surface area contributed by atoms with Crippen LogP contribution in [0.15, 0.2) is 47.8 Å². The second kappa shape index (κ2) is 9.09. The van der Waals surface area contributed by atoms with E-state index in [4.69, 9.17) is 4.74 Å². The molecule has 0 saturated heterocycles. The van der Waals surface area contributed by atoms with Gasteiger partial charge in [0.05, 0.1) is 10.6 Å². The van der Waals surface area contributed by atoms with Gasteiger partial charge in [-0.1, -0.05) is 12.1 Å². The summed E-state index contributed by atoms with van der Waals surface area (Å²) in [6.45, 7) is 0.862. The van der Waals surface area contributed by atoms with E-state index in [0.717, 1.165) is 11.3 Å². The highest BCUT2D eigenvalue weighted by molar-refractivity contribution is 7.14. The molecule has 9 nitrogen and oxygen atoms in total. The zero-order valence-electron chi connectivity index (χ0n) is 15.5. The third kappa shape index (κ3) is 5.14. The van der Waals surface area contributed by atoms with Crippen LogP contribution in [0.1, 0.15) is 6.92 Å². The van der Waals surface area contributed by atoms with Gasteiger partial charge in [0.2, 0.25) is 5.91 Å². The first-order valence-electron chi connectivity index (χ1n) is 8.52. The fourth-order valence-electron chi connectivity index (χ4n) is 2.49. The molecule has 2 N–H and O–H groups in total. The van der Waals surface area contributed by atoms with E-state index < -0.39 is 23.3 Å². The number of nitrogens with zero attached hydrogens (tertiary/aromatic N) is 2. The Morgan fingerprint density at radius 2 is 2.00 bits per heavy atom. The summed E-state index contributed by atoms with van der Waals surface area (Å²) in [5, 5.41) is 17.7. The number of para-hydroxylation sites is 2. The second-order valence-corrected chi connectivity index (χ2v) is 6.83. The van der Waals surface area contributed by atoms with Crippen LogP contribution in [0.25, 0.3) is 11.3 Å². The van der Waals surface area contributed by atoms with Crippen molar-refractivity contribution in [3.05, 3.63) is 63.8 Å². The molecule has 2 amide bonds. The Hall–Kier alpha value is -3.86. The number of hydrogen-bond donors (Lipinski definition) is 2. The molecule has 2 aromatic carbocycles. The molecule has 154 valence electrons. The minimum Gasteiger partial charge on any atom is -0.477 e. The number of benzene rings is 2. The number of amides is 2. The number of rotatable bonds is 7. The van der Waals surface area contributed by atoms with Crippen molar-refractivity contribution < 1.29 is 23.6 Å². The second-order valence-electron chi connectivity index (χ2n) is 5.98. The largest absolute Gasteiger partial charge is 0.477 e. The SMILES string of the molecule is CC(=O)Nc1ccc(-c2csc(NC(=O)COc3ccccc3[N+](=O)[O-])n2)c(F)c1. The summed E-state index contributed by atoms with van der Waals surface area (Å²) in [6, 6.07) is 9.89. The molecule has 11 heteroatoms. The van der Waals surface area contributed by atoms with Crippen molar-refractivity contribution in [2.45, 2.75) is 6.92 Å². The van der Waals surface area contributed by atoms with Crippen molar-refractivity contribution in [2.24, 2.45) is 0 Å². The average Bonchev–Trinajstić information content (AvgIpc) is 3.14. The van der Waals surface area contributed by atoms with Gasteiger partial charge < -0.3 is 10.1 Å². The zero-order chi connectivity index (χ0) is 21.7. The van der Waals surface area contributed by atoms with Crippen LogP contribution < -0.4 is 15.4 Å². The van der Waals surface area contributed by atoms with Crippen LogP contribution in [-0.2, 0) is 9.59 Å². The lowest BCUT2D eigenvalue weighted by Crippen LogP contribution is -2.20. The lowest BCUT2D eigenvalue weighted by Gasteiger charge is -2.06. The molecule has 0 saturated carbocycles. The molecule has 0 aliphatic rings. The van der Waals surface area contributed by atoms with Gasteiger partial charge in [-0.05, 0) is 24.3 Å². The molecule has 0 fully saturated rings. The lowest BCUT2D eigenvalue weighted by molar-refractivity contribution is -0.385. The summed E-state index contributed by atoms with van der Waals surface area (Å²) < 4.78 is 19.5. The van der Waals surface area contributed by atoms with Crippen LogP contribution in [0.3, 0.4) is 0 Å². The van der Waals surface area contributed by atoms with Crippen LogP contribution in [0.2, 0.25) is 0 Å². The highest BCUT2D eigenvalue weighted by atomic mass is 32.1. The molecule has 3 aromatic rings. The third-order valence-corrected chi connectivity index (χ3v) is 4.49. The number of nitro benzene ring substituents is 1. The fourth-order valence-corrected chi connectivity index (χ4v) is 3.21. The van der Waals surface area contributed by atoms with Gasteiger partial charge in [-0.15, -0.1) is 11.3 Å². The van der Waals surface area contributed by atoms with Crippen LogP contribution in [0.5, 0.6) is 5.75 Å². The molecule has 1 aromatic heterocycles. The number of anilines is 2. The minimum atomic E-state index is -0.605. The number of halogens is 1. The van der Waals surface area contributed by atoms with E-state index in [2.05, 4.69) is 15.6 Å². The van der Waals surface area contributed by atoms with Gasteiger partial charge in [-0.2, -0.15) is 0 Å². The summed E-state index contributed by atoms with van der Waals surface area (Å²) in [4.78, 5) is 37.7. The molecule has 0 unspecified atom stereocenters. The Balaban J connectivity index is 1.64.